The van der Waals surface area contributed by atoms with Crippen LogP contribution in [0.1, 0.15) is 18.9 Å². The molecule has 0 N–H and O–H groups in total. The fourth-order valence-corrected chi connectivity index (χ4v) is 2.85. The van der Waals surface area contributed by atoms with Gasteiger partial charge in [-0.05, 0) is 44.4 Å². The van der Waals surface area contributed by atoms with E-state index in [1.807, 2.05) is 30.3 Å². The van der Waals surface area contributed by atoms with Crippen LogP contribution < -0.4 is 0 Å². The van der Waals surface area contributed by atoms with E-state index in [1.165, 1.54) is 0 Å². The van der Waals surface area contributed by atoms with Crippen LogP contribution in [-0.4, -0.2) is 11.9 Å². The van der Waals surface area contributed by atoms with Crippen LogP contribution in [0.15, 0.2) is 39.3 Å². The minimum Gasteiger partial charge on any atom is -0.393 e. The quantitative estimate of drug-likeness (QED) is 0.567. The first-order valence-corrected chi connectivity index (χ1v) is 7.70. The standard InChI is InChI=1S/C15H12Br2O3/c1-2-13(18)20-14(19)8-10-4-3-9-7-11(16)5-6-12(9)15(10)17/h3-7H,2,8H2,1H3. The highest BCUT2D eigenvalue weighted by Crippen LogP contribution is 2.30. The molecule has 0 aromatic heterocycles. The zero-order valence-electron chi connectivity index (χ0n) is 10.8. The number of esters is 2. The van der Waals surface area contributed by atoms with Crippen LogP contribution in [0.4, 0.5) is 0 Å². The predicted octanol–water partition coefficient (Wildman–Crippen LogP) is 4.39. The number of hydrogen-bond donors (Lipinski definition) is 0. The zero-order chi connectivity index (χ0) is 14.7. The van der Waals surface area contributed by atoms with Crippen molar-refractivity contribution in [1.82, 2.24) is 0 Å². The monoisotopic (exact) mass is 398 g/mol. The Bertz CT molecular complexity index is 680. The number of carbonyl (C=O) groups excluding carboxylic acids is 2. The third kappa shape index (κ3) is 3.46. The van der Waals surface area contributed by atoms with Gasteiger partial charge in [-0.2, -0.15) is 0 Å². The van der Waals surface area contributed by atoms with E-state index < -0.39 is 11.9 Å². The largest absolute Gasteiger partial charge is 0.393 e. The molecule has 0 aliphatic heterocycles. The Balaban J connectivity index is 2.27. The van der Waals surface area contributed by atoms with Crippen LogP contribution in [0, 0.1) is 0 Å². The number of rotatable bonds is 3. The molecule has 104 valence electrons. The van der Waals surface area contributed by atoms with Crippen molar-refractivity contribution in [3.05, 3.63) is 44.8 Å². The summed E-state index contributed by atoms with van der Waals surface area (Å²) in [6.07, 6.45) is 0.261. The van der Waals surface area contributed by atoms with E-state index in [1.54, 1.807) is 6.92 Å². The van der Waals surface area contributed by atoms with Gasteiger partial charge in [0.25, 0.3) is 0 Å². The van der Waals surface area contributed by atoms with Crippen LogP contribution in [0.2, 0.25) is 0 Å². The van der Waals surface area contributed by atoms with Crippen LogP contribution >= 0.6 is 31.9 Å². The summed E-state index contributed by atoms with van der Waals surface area (Å²) >= 11 is 6.93. The highest BCUT2D eigenvalue weighted by Gasteiger charge is 2.13. The van der Waals surface area contributed by atoms with Gasteiger partial charge in [-0.1, -0.05) is 41.1 Å². The summed E-state index contributed by atoms with van der Waals surface area (Å²) in [5.74, 6) is -1.04. The average molecular weight is 400 g/mol. The molecule has 0 unspecified atom stereocenters. The summed E-state index contributed by atoms with van der Waals surface area (Å²) in [4.78, 5) is 22.7. The molecule has 0 bridgehead atoms. The number of ether oxygens (including phenoxy) is 1. The third-order valence-corrected chi connectivity index (χ3v) is 4.28. The van der Waals surface area contributed by atoms with Crippen molar-refractivity contribution in [2.24, 2.45) is 0 Å². The molecule has 20 heavy (non-hydrogen) atoms. The minimum atomic E-state index is -0.533. The second-order valence-corrected chi connectivity index (χ2v) is 5.99. The van der Waals surface area contributed by atoms with E-state index in [0.717, 1.165) is 25.3 Å². The van der Waals surface area contributed by atoms with Gasteiger partial charge in [0.05, 0.1) is 6.42 Å². The van der Waals surface area contributed by atoms with Crippen molar-refractivity contribution >= 4 is 54.6 Å². The van der Waals surface area contributed by atoms with E-state index in [4.69, 9.17) is 0 Å². The zero-order valence-corrected chi connectivity index (χ0v) is 14.0. The van der Waals surface area contributed by atoms with Crippen molar-refractivity contribution in [1.29, 1.82) is 0 Å². The van der Waals surface area contributed by atoms with Crippen molar-refractivity contribution in [3.8, 4) is 0 Å². The number of benzene rings is 2. The predicted molar refractivity (Wildman–Crippen MR) is 84.4 cm³/mol. The first-order valence-electron chi connectivity index (χ1n) is 6.11. The Morgan fingerprint density at radius 3 is 2.55 bits per heavy atom. The molecule has 2 rings (SSSR count). The van der Waals surface area contributed by atoms with E-state index in [9.17, 15) is 9.59 Å². The van der Waals surface area contributed by atoms with Gasteiger partial charge in [0.15, 0.2) is 0 Å². The molecule has 0 fully saturated rings. The number of carbonyl (C=O) groups is 2. The fraction of sp³-hybridized carbons (Fsp3) is 0.200. The third-order valence-electron chi connectivity index (χ3n) is 2.85. The molecule has 0 amide bonds. The van der Waals surface area contributed by atoms with Crippen LogP contribution in [-0.2, 0) is 20.7 Å². The first-order chi connectivity index (χ1) is 9.51. The molecule has 0 aliphatic rings. The van der Waals surface area contributed by atoms with E-state index in [-0.39, 0.29) is 12.8 Å². The summed E-state index contributed by atoms with van der Waals surface area (Å²) < 4.78 is 6.53. The Hall–Kier alpha value is -1.20. The molecular weight excluding hydrogens is 388 g/mol. The first kappa shape index (κ1) is 15.2. The lowest BCUT2D eigenvalue weighted by molar-refractivity contribution is -0.158. The Kier molecular flexibility index (Phi) is 4.94. The van der Waals surface area contributed by atoms with Crippen molar-refractivity contribution in [2.75, 3.05) is 0 Å². The Labute approximate surface area is 133 Å². The van der Waals surface area contributed by atoms with Gasteiger partial charge in [0.2, 0.25) is 0 Å². The lowest BCUT2D eigenvalue weighted by atomic mass is 10.1. The van der Waals surface area contributed by atoms with Gasteiger partial charge < -0.3 is 4.74 Å². The van der Waals surface area contributed by atoms with E-state index in [2.05, 4.69) is 36.6 Å². The second kappa shape index (κ2) is 6.50. The Morgan fingerprint density at radius 1 is 1.10 bits per heavy atom. The molecule has 0 spiro atoms. The molecule has 0 aliphatic carbocycles. The summed E-state index contributed by atoms with van der Waals surface area (Å²) in [6.45, 7) is 1.65. The van der Waals surface area contributed by atoms with Crippen molar-refractivity contribution < 1.29 is 14.3 Å². The molecule has 2 aromatic rings. The van der Waals surface area contributed by atoms with E-state index >= 15 is 0 Å². The van der Waals surface area contributed by atoms with E-state index in [0.29, 0.717) is 0 Å². The molecule has 0 atom stereocenters. The normalized spacial score (nSPS) is 10.6. The molecule has 0 heterocycles. The molecule has 2 aromatic carbocycles. The maximum absolute atomic E-state index is 11.7. The number of hydrogen-bond acceptors (Lipinski definition) is 3. The Morgan fingerprint density at radius 2 is 1.85 bits per heavy atom. The van der Waals surface area contributed by atoms with Crippen LogP contribution in [0.3, 0.4) is 0 Å². The highest BCUT2D eigenvalue weighted by atomic mass is 79.9. The minimum absolute atomic E-state index is 0.0678. The van der Waals surface area contributed by atoms with Gasteiger partial charge in [-0.3, -0.25) is 9.59 Å². The molecule has 5 heteroatoms. The SMILES string of the molecule is CCC(=O)OC(=O)Cc1ccc2cc(Br)ccc2c1Br. The average Bonchev–Trinajstić information content (AvgIpc) is 2.41. The summed E-state index contributed by atoms with van der Waals surface area (Å²) in [5.41, 5.74) is 0.800. The lowest BCUT2D eigenvalue weighted by Gasteiger charge is -2.08. The summed E-state index contributed by atoms with van der Waals surface area (Å²) in [6, 6.07) is 9.71. The number of halogens is 2. The van der Waals surface area contributed by atoms with Crippen molar-refractivity contribution in [2.45, 2.75) is 19.8 Å². The highest BCUT2D eigenvalue weighted by molar-refractivity contribution is 9.11. The van der Waals surface area contributed by atoms with Gasteiger partial charge >= 0.3 is 11.9 Å². The van der Waals surface area contributed by atoms with Crippen LogP contribution in [0.5, 0.6) is 0 Å². The van der Waals surface area contributed by atoms with Gasteiger partial charge in [-0.25, -0.2) is 0 Å². The van der Waals surface area contributed by atoms with Gasteiger partial charge in [-0.15, -0.1) is 0 Å². The molecule has 0 radical (unpaired) electrons. The topological polar surface area (TPSA) is 43.4 Å². The smallest absolute Gasteiger partial charge is 0.317 e. The maximum Gasteiger partial charge on any atom is 0.317 e. The summed E-state index contributed by atoms with van der Waals surface area (Å²) in [7, 11) is 0. The fourth-order valence-electron chi connectivity index (χ4n) is 1.84. The lowest BCUT2D eigenvalue weighted by Crippen LogP contribution is -2.13. The van der Waals surface area contributed by atoms with Crippen molar-refractivity contribution in [3.63, 3.8) is 0 Å². The second-order valence-electron chi connectivity index (χ2n) is 4.28. The van der Waals surface area contributed by atoms with Gasteiger partial charge in [0, 0.05) is 15.4 Å². The van der Waals surface area contributed by atoms with Gasteiger partial charge in [0.1, 0.15) is 0 Å². The molecule has 0 saturated carbocycles. The molecular formula is C15H12Br2O3. The molecule has 0 saturated heterocycles. The summed E-state index contributed by atoms with van der Waals surface area (Å²) in [5, 5.41) is 2.08. The maximum atomic E-state index is 11.7. The number of fused-ring (bicyclic) bond motifs is 1. The molecule has 3 nitrogen and oxygen atoms in total. The van der Waals surface area contributed by atoms with Crippen LogP contribution in [0.25, 0.3) is 10.8 Å².